The molecule has 1 atom stereocenters. The Morgan fingerprint density at radius 1 is 1.18 bits per heavy atom. The fourth-order valence-electron chi connectivity index (χ4n) is 3.42. The van der Waals surface area contributed by atoms with Crippen LogP contribution >= 0.6 is 22.9 Å². The van der Waals surface area contributed by atoms with Gasteiger partial charge in [-0.25, -0.2) is 9.97 Å². The van der Waals surface area contributed by atoms with E-state index < -0.39 is 0 Å². The van der Waals surface area contributed by atoms with E-state index in [1.807, 2.05) is 11.3 Å². The van der Waals surface area contributed by atoms with Gasteiger partial charge in [0.25, 0.3) is 0 Å². The van der Waals surface area contributed by atoms with Gasteiger partial charge in [0.05, 0.1) is 5.39 Å². The van der Waals surface area contributed by atoms with Gasteiger partial charge in [-0.15, -0.1) is 11.3 Å². The molecule has 2 aliphatic rings. The van der Waals surface area contributed by atoms with Crippen LogP contribution in [-0.2, 0) is 12.8 Å². The van der Waals surface area contributed by atoms with Gasteiger partial charge in [-0.1, -0.05) is 20.8 Å². The van der Waals surface area contributed by atoms with Crippen LogP contribution < -0.4 is 5.32 Å². The van der Waals surface area contributed by atoms with Gasteiger partial charge in [0.15, 0.2) is 0 Å². The summed E-state index contributed by atoms with van der Waals surface area (Å²) in [5.74, 6) is 1.71. The molecule has 2 aromatic rings. The van der Waals surface area contributed by atoms with Crippen LogP contribution in [0, 0.1) is 11.3 Å². The number of nitrogens with zero attached hydrogens (tertiary/aromatic N) is 2. The summed E-state index contributed by atoms with van der Waals surface area (Å²) in [5.41, 5.74) is 1.84. The Morgan fingerprint density at radius 2 is 1.95 bits per heavy atom. The maximum atomic E-state index is 6.14. The van der Waals surface area contributed by atoms with Crippen molar-refractivity contribution in [2.45, 2.75) is 58.9 Å². The molecule has 22 heavy (non-hydrogen) atoms. The molecule has 1 saturated carbocycles. The summed E-state index contributed by atoms with van der Waals surface area (Å²) in [5, 5.41) is 5.15. The third-order valence-corrected chi connectivity index (χ3v) is 6.34. The van der Waals surface area contributed by atoms with Crippen molar-refractivity contribution in [1.29, 1.82) is 0 Å². The summed E-state index contributed by atoms with van der Waals surface area (Å²) in [4.78, 5) is 11.5. The molecule has 1 fully saturated rings. The van der Waals surface area contributed by atoms with Crippen LogP contribution in [0.5, 0.6) is 0 Å². The summed E-state index contributed by atoms with van der Waals surface area (Å²) in [6.45, 7) is 7.06. The summed E-state index contributed by atoms with van der Waals surface area (Å²) < 4.78 is 0. The molecule has 0 aliphatic heterocycles. The first-order chi connectivity index (χ1) is 10.4. The molecule has 0 radical (unpaired) electrons. The molecular formula is C17H22ClN3S. The highest BCUT2D eigenvalue weighted by molar-refractivity contribution is 7.19. The molecule has 0 bridgehead atoms. The first-order valence-electron chi connectivity index (χ1n) is 8.16. The maximum Gasteiger partial charge on any atom is 0.225 e. The number of aryl methyl sites for hydroxylation is 1. The molecule has 1 N–H and O–H groups in total. The second-order valence-electron chi connectivity index (χ2n) is 7.75. The van der Waals surface area contributed by atoms with Gasteiger partial charge in [-0.3, -0.25) is 0 Å². The first-order valence-corrected chi connectivity index (χ1v) is 9.35. The molecule has 4 rings (SSSR count). The highest BCUT2D eigenvalue weighted by Crippen LogP contribution is 2.45. The number of nitrogens with one attached hydrogen (secondary N) is 1. The van der Waals surface area contributed by atoms with Gasteiger partial charge in [0, 0.05) is 10.9 Å². The third kappa shape index (κ3) is 2.61. The van der Waals surface area contributed by atoms with Crippen molar-refractivity contribution < 1.29 is 0 Å². The molecule has 0 spiro atoms. The van der Waals surface area contributed by atoms with E-state index in [2.05, 4.69) is 36.1 Å². The third-order valence-electron chi connectivity index (χ3n) is 5.02. The van der Waals surface area contributed by atoms with Crippen LogP contribution in [0.1, 0.15) is 50.5 Å². The van der Waals surface area contributed by atoms with Crippen LogP contribution in [0.2, 0.25) is 5.28 Å². The number of hydrogen-bond acceptors (Lipinski definition) is 4. The summed E-state index contributed by atoms with van der Waals surface area (Å²) in [7, 11) is 0. The second-order valence-corrected chi connectivity index (χ2v) is 9.17. The standard InChI is InChI=1S/C17H22ClN3S/c1-17(2,3)9-4-7-11-12(8-9)22-15-13(11)14(19-10-5-6-10)20-16(18)21-15/h9-10H,4-8H2,1-3H3,(H,19,20,21). The first kappa shape index (κ1) is 14.7. The minimum Gasteiger partial charge on any atom is -0.367 e. The van der Waals surface area contributed by atoms with Gasteiger partial charge in [0.1, 0.15) is 10.6 Å². The Labute approximate surface area is 140 Å². The normalized spacial score (nSPS) is 21.9. The van der Waals surface area contributed by atoms with Crippen LogP contribution in [-0.4, -0.2) is 16.0 Å². The van der Waals surface area contributed by atoms with E-state index in [1.165, 1.54) is 41.5 Å². The van der Waals surface area contributed by atoms with Crippen molar-refractivity contribution in [2.75, 3.05) is 5.32 Å². The number of rotatable bonds is 2. The zero-order valence-corrected chi connectivity index (χ0v) is 14.9. The highest BCUT2D eigenvalue weighted by atomic mass is 35.5. The van der Waals surface area contributed by atoms with Gasteiger partial charge in [-0.05, 0) is 60.6 Å². The topological polar surface area (TPSA) is 37.8 Å². The zero-order valence-electron chi connectivity index (χ0n) is 13.4. The largest absolute Gasteiger partial charge is 0.367 e. The van der Waals surface area contributed by atoms with Gasteiger partial charge < -0.3 is 5.32 Å². The van der Waals surface area contributed by atoms with Gasteiger partial charge in [0.2, 0.25) is 5.28 Å². The van der Waals surface area contributed by atoms with Crippen molar-refractivity contribution in [3.05, 3.63) is 15.7 Å². The Balaban J connectivity index is 1.79. The van der Waals surface area contributed by atoms with E-state index >= 15 is 0 Å². The smallest absolute Gasteiger partial charge is 0.225 e. The fourth-order valence-corrected chi connectivity index (χ4v) is 4.93. The molecule has 2 heterocycles. The predicted molar refractivity (Wildman–Crippen MR) is 94.0 cm³/mol. The molecule has 1 unspecified atom stereocenters. The Morgan fingerprint density at radius 3 is 2.64 bits per heavy atom. The van der Waals surface area contributed by atoms with E-state index in [0.29, 0.717) is 16.7 Å². The van der Waals surface area contributed by atoms with E-state index in [-0.39, 0.29) is 0 Å². The van der Waals surface area contributed by atoms with Crippen molar-refractivity contribution >= 4 is 39.0 Å². The van der Waals surface area contributed by atoms with Gasteiger partial charge >= 0.3 is 0 Å². The van der Waals surface area contributed by atoms with Gasteiger partial charge in [-0.2, -0.15) is 0 Å². The molecule has 0 amide bonds. The number of halogens is 1. The van der Waals surface area contributed by atoms with E-state index in [0.717, 1.165) is 23.0 Å². The SMILES string of the molecule is CC(C)(C)C1CCc2c(sc3nc(Cl)nc(NC4CC4)c23)C1. The molecule has 0 saturated heterocycles. The molecular weight excluding hydrogens is 314 g/mol. The van der Waals surface area contributed by atoms with Crippen LogP contribution in [0.15, 0.2) is 0 Å². The Hall–Kier alpha value is -0.870. The molecule has 118 valence electrons. The second kappa shape index (κ2) is 5.07. The van der Waals surface area contributed by atoms with Crippen LogP contribution in [0.4, 0.5) is 5.82 Å². The lowest BCUT2D eigenvalue weighted by molar-refractivity contribution is 0.218. The highest BCUT2D eigenvalue weighted by Gasteiger charge is 2.32. The molecule has 3 nitrogen and oxygen atoms in total. The van der Waals surface area contributed by atoms with Crippen molar-refractivity contribution in [2.24, 2.45) is 11.3 Å². The average Bonchev–Trinajstić information content (AvgIpc) is 3.15. The quantitative estimate of drug-likeness (QED) is 0.778. The van der Waals surface area contributed by atoms with E-state index in [9.17, 15) is 0 Å². The van der Waals surface area contributed by atoms with E-state index in [1.54, 1.807) is 0 Å². The molecule has 2 aromatic heterocycles. The van der Waals surface area contributed by atoms with Crippen molar-refractivity contribution in [3.8, 4) is 0 Å². The Bertz CT molecular complexity index is 728. The lowest BCUT2D eigenvalue weighted by atomic mass is 9.72. The Kier molecular flexibility index (Phi) is 3.39. The fraction of sp³-hybridized carbons (Fsp3) is 0.647. The molecule has 0 aromatic carbocycles. The minimum atomic E-state index is 0.363. The average molecular weight is 336 g/mol. The lowest BCUT2D eigenvalue weighted by Gasteiger charge is -2.33. The van der Waals surface area contributed by atoms with Crippen LogP contribution in [0.25, 0.3) is 10.2 Å². The van der Waals surface area contributed by atoms with Crippen molar-refractivity contribution in [1.82, 2.24) is 9.97 Å². The van der Waals surface area contributed by atoms with Crippen molar-refractivity contribution in [3.63, 3.8) is 0 Å². The summed E-state index contributed by atoms with van der Waals surface area (Å²) >= 11 is 7.96. The van der Waals surface area contributed by atoms with E-state index in [4.69, 9.17) is 11.6 Å². The maximum absolute atomic E-state index is 6.14. The number of anilines is 1. The number of aromatic nitrogens is 2. The molecule has 5 heteroatoms. The minimum absolute atomic E-state index is 0.363. The predicted octanol–water partition coefficient (Wildman–Crippen LogP) is 5.07. The monoisotopic (exact) mass is 335 g/mol. The molecule has 2 aliphatic carbocycles. The number of thiophene rings is 1. The zero-order chi connectivity index (χ0) is 15.5. The lowest BCUT2D eigenvalue weighted by Crippen LogP contribution is -2.26. The number of hydrogen-bond donors (Lipinski definition) is 1. The van der Waals surface area contributed by atoms with Crippen LogP contribution in [0.3, 0.4) is 0 Å². The number of fused-ring (bicyclic) bond motifs is 3. The summed E-state index contributed by atoms with van der Waals surface area (Å²) in [6, 6.07) is 0.579. The summed E-state index contributed by atoms with van der Waals surface area (Å²) in [6.07, 6.45) is 6.04.